The molecule has 2 fully saturated rings. The van der Waals surface area contributed by atoms with Crippen molar-refractivity contribution in [1.82, 2.24) is 10.6 Å². The first kappa shape index (κ1) is 14.8. The molecule has 2 rings (SSSR count). The number of nitrogens with one attached hydrogen (secondary N) is 2. The first-order valence-corrected chi connectivity index (χ1v) is 8.06. The summed E-state index contributed by atoms with van der Waals surface area (Å²) in [6.45, 7) is 7.68. The molecule has 1 aliphatic heterocycles. The van der Waals surface area contributed by atoms with Crippen LogP contribution in [0.5, 0.6) is 0 Å². The van der Waals surface area contributed by atoms with E-state index in [1.54, 1.807) is 0 Å². The molecule has 1 aliphatic carbocycles. The molecule has 0 aromatic heterocycles. The monoisotopic (exact) mass is 266 g/mol. The molecular formula is C16H30N2O. The van der Waals surface area contributed by atoms with Crippen molar-refractivity contribution < 1.29 is 4.79 Å². The fourth-order valence-corrected chi connectivity index (χ4v) is 3.66. The second-order valence-electron chi connectivity index (χ2n) is 7.06. The van der Waals surface area contributed by atoms with Crippen molar-refractivity contribution in [1.29, 1.82) is 0 Å². The minimum Gasteiger partial charge on any atom is -0.356 e. The molecule has 1 atom stereocenters. The smallest absolute Gasteiger partial charge is 0.220 e. The van der Waals surface area contributed by atoms with Crippen LogP contribution in [-0.4, -0.2) is 25.5 Å². The lowest BCUT2D eigenvalue weighted by Crippen LogP contribution is -2.37. The summed E-state index contributed by atoms with van der Waals surface area (Å²) in [6.07, 6.45) is 8.38. The highest BCUT2D eigenvalue weighted by atomic mass is 16.1. The van der Waals surface area contributed by atoms with Gasteiger partial charge in [0, 0.05) is 13.0 Å². The summed E-state index contributed by atoms with van der Waals surface area (Å²) in [5, 5.41) is 6.57. The number of hydrogen-bond acceptors (Lipinski definition) is 2. The van der Waals surface area contributed by atoms with Crippen molar-refractivity contribution in [3.05, 3.63) is 0 Å². The van der Waals surface area contributed by atoms with Gasteiger partial charge in [0.2, 0.25) is 5.91 Å². The molecule has 19 heavy (non-hydrogen) atoms. The van der Waals surface area contributed by atoms with E-state index in [9.17, 15) is 4.79 Å². The average molecular weight is 266 g/mol. The second kappa shape index (κ2) is 6.74. The Morgan fingerprint density at radius 2 is 1.95 bits per heavy atom. The standard InChI is InChI=1S/C16H30N2O/c1-13(14-5-9-17-10-6-14)11-15(19)18-12-16(2)7-3-4-8-16/h13-14,17H,3-12H2,1-2H3,(H,18,19). The van der Waals surface area contributed by atoms with Gasteiger partial charge in [0.1, 0.15) is 0 Å². The number of piperidine rings is 1. The molecule has 3 heteroatoms. The van der Waals surface area contributed by atoms with E-state index in [2.05, 4.69) is 24.5 Å². The van der Waals surface area contributed by atoms with Gasteiger partial charge >= 0.3 is 0 Å². The molecule has 1 unspecified atom stereocenters. The van der Waals surface area contributed by atoms with Gasteiger partial charge in [-0.05, 0) is 56.0 Å². The van der Waals surface area contributed by atoms with E-state index < -0.39 is 0 Å². The van der Waals surface area contributed by atoms with E-state index in [4.69, 9.17) is 0 Å². The molecule has 0 aromatic carbocycles. The van der Waals surface area contributed by atoms with Crippen LogP contribution in [-0.2, 0) is 4.79 Å². The highest BCUT2D eigenvalue weighted by molar-refractivity contribution is 5.76. The van der Waals surface area contributed by atoms with Crippen molar-refractivity contribution in [3.8, 4) is 0 Å². The SMILES string of the molecule is CC(CC(=O)NCC1(C)CCCC1)C1CCNCC1. The third-order valence-electron chi connectivity index (χ3n) is 5.22. The van der Waals surface area contributed by atoms with Crippen LogP contribution in [0.25, 0.3) is 0 Å². The minimum atomic E-state index is 0.263. The summed E-state index contributed by atoms with van der Waals surface area (Å²) >= 11 is 0. The van der Waals surface area contributed by atoms with Crippen molar-refractivity contribution in [2.75, 3.05) is 19.6 Å². The summed E-state index contributed by atoms with van der Waals surface area (Å²) in [6, 6.07) is 0. The Bertz CT molecular complexity index is 291. The quantitative estimate of drug-likeness (QED) is 0.803. The first-order valence-electron chi connectivity index (χ1n) is 8.06. The van der Waals surface area contributed by atoms with Crippen LogP contribution in [0.4, 0.5) is 0 Å². The number of rotatable bonds is 5. The summed E-state index contributed by atoms with van der Waals surface area (Å²) in [5.41, 5.74) is 0.369. The average Bonchev–Trinajstić information content (AvgIpc) is 2.85. The van der Waals surface area contributed by atoms with Crippen LogP contribution in [0.1, 0.15) is 58.8 Å². The fourth-order valence-electron chi connectivity index (χ4n) is 3.66. The van der Waals surface area contributed by atoms with Crippen LogP contribution in [0, 0.1) is 17.3 Å². The van der Waals surface area contributed by atoms with Crippen LogP contribution < -0.4 is 10.6 Å². The predicted octanol–water partition coefficient (Wildman–Crippen LogP) is 2.71. The molecule has 2 aliphatic rings. The van der Waals surface area contributed by atoms with E-state index in [-0.39, 0.29) is 5.91 Å². The molecule has 1 saturated heterocycles. The first-order chi connectivity index (χ1) is 9.09. The lowest BCUT2D eigenvalue weighted by Gasteiger charge is -2.29. The fraction of sp³-hybridized carbons (Fsp3) is 0.938. The highest BCUT2D eigenvalue weighted by Gasteiger charge is 2.29. The number of hydrogen-bond donors (Lipinski definition) is 2. The van der Waals surface area contributed by atoms with Crippen molar-refractivity contribution in [2.45, 2.75) is 58.8 Å². The number of carbonyl (C=O) groups is 1. The zero-order chi connectivity index (χ0) is 13.7. The van der Waals surface area contributed by atoms with E-state index >= 15 is 0 Å². The molecule has 0 radical (unpaired) electrons. The van der Waals surface area contributed by atoms with E-state index in [1.807, 2.05) is 0 Å². The Kier molecular flexibility index (Phi) is 5.26. The Labute approximate surface area is 117 Å². The maximum absolute atomic E-state index is 12.1. The lowest BCUT2D eigenvalue weighted by molar-refractivity contribution is -0.122. The van der Waals surface area contributed by atoms with Gasteiger partial charge in [-0.1, -0.05) is 26.7 Å². The summed E-state index contributed by atoms with van der Waals surface area (Å²) in [5.74, 6) is 1.52. The topological polar surface area (TPSA) is 41.1 Å². The largest absolute Gasteiger partial charge is 0.356 e. The van der Waals surface area contributed by atoms with Crippen LogP contribution in [0.15, 0.2) is 0 Å². The molecule has 0 bridgehead atoms. The maximum Gasteiger partial charge on any atom is 0.220 e. The summed E-state index contributed by atoms with van der Waals surface area (Å²) < 4.78 is 0. The lowest BCUT2D eigenvalue weighted by atomic mass is 9.84. The second-order valence-corrected chi connectivity index (χ2v) is 7.06. The van der Waals surface area contributed by atoms with Gasteiger partial charge in [0.05, 0.1) is 0 Å². The zero-order valence-corrected chi connectivity index (χ0v) is 12.6. The Balaban J connectivity index is 1.68. The molecule has 0 aromatic rings. The summed E-state index contributed by atoms with van der Waals surface area (Å²) in [7, 11) is 0. The third kappa shape index (κ3) is 4.48. The normalized spacial score (nSPS) is 25.2. The van der Waals surface area contributed by atoms with Gasteiger partial charge in [-0.2, -0.15) is 0 Å². The van der Waals surface area contributed by atoms with Crippen molar-refractivity contribution >= 4 is 5.91 Å². The summed E-state index contributed by atoms with van der Waals surface area (Å²) in [4.78, 5) is 12.1. The van der Waals surface area contributed by atoms with E-state index in [1.165, 1.54) is 38.5 Å². The molecule has 1 heterocycles. The number of amides is 1. The van der Waals surface area contributed by atoms with Gasteiger partial charge in [-0.25, -0.2) is 0 Å². The van der Waals surface area contributed by atoms with Crippen LogP contribution in [0.2, 0.25) is 0 Å². The highest BCUT2D eigenvalue weighted by Crippen LogP contribution is 2.36. The molecule has 2 N–H and O–H groups in total. The Morgan fingerprint density at radius 3 is 2.58 bits per heavy atom. The molecule has 1 amide bonds. The third-order valence-corrected chi connectivity index (χ3v) is 5.22. The van der Waals surface area contributed by atoms with Crippen molar-refractivity contribution in [3.63, 3.8) is 0 Å². The van der Waals surface area contributed by atoms with E-state index in [0.717, 1.165) is 25.6 Å². The molecule has 3 nitrogen and oxygen atoms in total. The van der Waals surface area contributed by atoms with Gasteiger partial charge < -0.3 is 10.6 Å². The van der Waals surface area contributed by atoms with E-state index in [0.29, 0.717) is 17.8 Å². The van der Waals surface area contributed by atoms with Gasteiger partial charge in [-0.15, -0.1) is 0 Å². The minimum absolute atomic E-state index is 0.263. The van der Waals surface area contributed by atoms with Crippen LogP contribution >= 0.6 is 0 Å². The predicted molar refractivity (Wildman–Crippen MR) is 79.0 cm³/mol. The molecule has 110 valence electrons. The zero-order valence-electron chi connectivity index (χ0n) is 12.6. The van der Waals surface area contributed by atoms with Gasteiger partial charge in [0.25, 0.3) is 0 Å². The Morgan fingerprint density at radius 1 is 1.32 bits per heavy atom. The Hall–Kier alpha value is -0.570. The molecular weight excluding hydrogens is 236 g/mol. The maximum atomic E-state index is 12.1. The van der Waals surface area contributed by atoms with Gasteiger partial charge in [-0.3, -0.25) is 4.79 Å². The molecule has 1 saturated carbocycles. The number of carbonyl (C=O) groups excluding carboxylic acids is 1. The molecule has 0 spiro atoms. The van der Waals surface area contributed by atoms with Gasteiger partial charge in [0.15, 0.2) is 0 Å². The van der Waals surface area contributed by atoms with Crippen molar-refractivity contribution in [2.24, 2.45) is 17.3 Å². The van der Waals surface area contributed by atoms with Crippen LogP contribution in [0.3, 0.4) is 0 Å².